The molecule has 3 rings (SSSR count). The Morgan fingerprint density at radius 3 is 2.86 bits per heavy atom. The Morgan fingerprint density at radius 2 is 2.14 bits per heavy atom. The van der Waals surface area contributed by atoms with E-state index in [2.05, 4.69) is 9.97 Å². The van der Waals surface area contributed by atoms with E-state index in [1.807, 2.05) is 4.90 Å². The number of fused-ring (bicyclic) bond motifs is 1. The highest BCUT2D eigenvalue weighted by molar-refractivity contribution is 5.79. The van der Waals surface area contributed by atoms with Crippen molar-refractivity contribution >= 4 is 11.8 Å². The fraction of sp³-hybridized carbons (Fsp3) is 0.667. The molecule has 1 saturated carbocycles. The first-order chi connectivity index (χ1) is 10.1. The Labute approximate surface area is 124 Å². The molecule has 2 fully saturated rings. The van der Waals surface area contributed by atoms with Crippen LogP contribution in [0.15, 0.2) is 6.07 Å². The minimum Gasteiger partial charge on any atom is -0.481 e. The largest absolute Gasteiger partial charge is 0.481 e. The highest BCUT2D eigenvalue weighted by Crippen LogP contribution is 2.42. The highest BCUT2D eigenvalue weighted by atomic mass is 16.5. The minimum absolute atomic E-state index is 0.277. The number of aliphatic carboxylic acids is 1. The van der Waals surface area contributed by atoms with E-state index in [4.69, 9.17) is 4.74 Å². The molecule has 21 heavy (non-hydrogen) atoms. The first kappa shape index (κ1) is 14.1. The lowest BCUT2D eigenvalue weighted by molar-refractivity contribution is -0.138. The maximum Gasteiger partial charge on any atom is 0.326 e. The van der Waals surface area contributed by atoms with Crippen LogP contribution >= 0.6 is 0 Å². The Kier molecular flexibility index (Phi) is 3.69. The molecule has 0 amide bonds. The van der Waals surface area contributed by atoms with E-state index in [0.717, 1.165) is 19.3 Å². The lowest BCUT2D eigenvalue weighted by Gasteiger charge is -2.33. The minimum atomic E-state index is -0.764. The molecule has 3 unspecified atom stereocenters. The predicted octanol–water partition coefficient (Wildman–Crippen LogP) is 2.02. The lowest BCUT2D eigenvalue weighted by atomic mass is 9.85. The normalized spacial score (nSPS) is 28.3. The van der Waals surface area contributed by atoms with Gasteiger partial charge in [-0.1, -0.05) is 12.8 Å². The molecule has 114 valence electrons. The summed E-state index contributed by atoms with van der Waals surface area (Å²) in [7, 11) is 1.56. The molecule has 1 aliphatic carbocycles. The molecular formula is C15H21N3O3. The van der Waals surface area contributed by atoms with Gasteiger partial charge in [0.05, 0.1) is 7.11 Å². The summed E-state index contributed by atoms with van der Waals surface area (Å²) in [4.78, 5) is 22.3. The van der Waals surface area contributed by atoms with E-state index in [1.54, 1.807) is 20.1 Å². The molecule has 1 aliphatic heterocycles. The van der Waals surface area contributed by atoms with Crippen LogP contribution in [-0.4, -0.2) is 40.2 Å². The van der Waals surface area contributed by atoms with Crippen molar-refractivity contribution in [2.75, 3.05) is 12.0 Å². The molecule has 0 bridgehead atoms. The molecule has 3 atom stereocenters. The van der Waals surface area contributed by atoms with Crippen LogP contribution in [0.1, 0.15) is 37.9 Å². The highest BCUT2D eigenvalue weighted by Gasteiger charge is 2.46. The third-order valence-electron chi connectivity index (χ3n) is 4.65. The van der Waals surface area contributed by atoms with Crippen LogP contribution in [0.2, 0.25) is 0 Å². The maximum atomic E-state index is 11.7. The third kappa shape index (κ3) is 2.54. The number of aryl methyl sites for hydroxylation is 1. The summed E-state index contributed by atoms with van der Waals surface area (Å²) in [6.45, 7) is 1.80. The number of ether oxygens (including phenoxy) is 1. The fourth-order valence-corrected chi connectivity index (χ4v) is 3.77. The predicted molar refractivity (Wildman–Crippen MR) is 77.6 cm³/mol. The van der Waals surface area contributed by atoms with Crippen LogP contribution in [-0.2, 0) is 4.79 Å². The van der Waals surface area contributed by atoms with Gasteiger partial charge in [0.25, 0.3) is 0 Å². The van der Waals surface area contributed by atoms with E-state index in [-0.39, 0.29) is 6.04 Å². The van der Waals surface area contributed by atoms with Crippen molar-refractivity contribution in [1.29, 1.82) is 0 Å². The molecule has 2 heterocycles. The SMILES string of the molecule is COc1cc(N2C(C(=O)O)CC3CCCCC32)nc(C)n1. The lowest BCUT2D eigenvalue weighted by Crippen LogP contribution is -2.43. The zero-order valence-electron chi connectivity index (χ0n) is 12.5. The van der Waals surface area contributed by atoms with Gasteiger partial charge < -0.3 is 14.7 Å². The van der Waals surface area contributed by atoms with Gasteiger partial charge in [-0.2, -0.15) is 4.98 Å². The van der Waals surface area contributed by atoms with E-state index >= 15 is 0 Å². The summed E-state index contributed by atoms with van der Waals surface area (Å²) in [5.41, 5.74) is 0. The second-order valence-corrected chi connectivity index (χ2v) is 5.92. The van der Waals surface area contributed by atoms with E-state index in [9.17, 15) is 9.90 Å². The van der Waals surface area contributed by atoms with Gasteiger partial charge >= 0.3 is 5.97 Å². The number of carboxylic acids is 1. The number of aromatic nitrogens is 2. The van der Waals surface area contributed by atoms with Crippen molar-refractivity contribution in [1.82, 2.24) is 9.97 Å². The third-order valence-corrected chi connectivity index (χ3v) is 4.65. The molecule has 2 aliphatic rings. The van der Waals surface area contributed by atoms with Crippen molar-refractivity contribution in [3.63, 3.8) is 0 Å². The monoisotopic (exact) mass is 291 g/mol. The maximum absolute atomic E-state index is 11.7. The molecule has 1 aromatic heterocycles. The fourth-order valence-electron chi connectivity index (χ4n) is 3.77. The number of hydrogen-bond acceptors (Lipinski definition) is 5. The molecule has 1 N–H and O–H groups in total. The number of carboxylic acid groups (broad SMARTS) is 1. The quantitative estimate of drug-likeness (QED) is 0.918. The molecule has 1 saturated heterocycles. The molecule has 0 radical (unpaired) electrons. The summed E-state index contributed by atoms with van der Waals surface area (Å²) >= 11 is 0. The van der Waals surface area contributed by atoms with Crippen molar-refractivity contribution in [3.05, 3.63) is 11.9 Å². The van der Waals surface area contributed by atoms with Gasteiger partial charge in [0, 0.05) is 12.1 Å². The van der Waals surface area contributed by atoms with Gasteiger partial charge in [-0.25, -0.2) is 9.78 Å². The second kappa shape index (κ2) is 5.50. The average Bonchev–Trinajstić information content (AvgIpc) is 2.86. The summed E-state index contributed by atoms with van der Waals surface area (Å²) in [6.07, 6.45) is 5.23. The van der Waals surface area contributed by atoms with E-state index in [1.165, 1.54) is 6.42 Å². The number of nitrogens with zero attached hydrogens (tertiary/aromatic N) is 3. The van der Waals surface area contributed by atoms with E-state index < -0.39 is 12.0 Å². The van der Waals surface area contributed by atoms with Crippen LogP contribution in [0.3, 0.4) is 0 Å². The molecular weight excluding hydrogens is 270 g/mol. The second-order valence-electron chi connectivity index (χ2n) is 5.92. The Bertz CT molecular complexity index is 549. The Morgan fingerprint density at radius 1 is 1.38 bits per heavy atom. The van der Waals surface area contributed by atoms with Crippen molar-refractivity contribution in [2.45, 2.75) is 51.1 Å². The molecule has 1 aromatic rings. The Hall–Kier alpha value is -1.85. The first-order valence-electron chi connectivity index (χ1n) is 7.51. The smallest absolute Gasteiger partial charge is 0.326 e. The molecule has 6 nitrogen and oxygen atoms in total. The van der Waals surface area contributed by atoms with Crippen molar-refractivity contribution in [3.8, 4) is 5.88 Å². The van der Waals surface area contributed by atoms with Crippen LogP contribution in [0.5, 0.6) is 5.88 Å². The van der Waals surface area contributed by atoms with Crippen LogP contribution in [0.4, 0.5) is 5.82 Å². The van der Waals surface area contributed by atoms with Gasteiger partial charge in [0.1, 0.15) is 17.7 Å². The van der Waals surface area contributed by atoms with Crippen LogP contribution in [0.25, 0.3) is 0 Å². The number of carbonyl (C=O) groups is 1. The van der Waals surface area contributed by atoms with Crippen LogP contribution < -0.4 is 9.64 Å². The number of methoxy groups -OCH3 is 1. The van der Waals surface area contributed by atoms with Gasteiger partial charge in [-0.3, -0.25) is 0 Å². The molecule has 0 spiro atoms. The zero-order chi connectivity index (χ0) is 15.0. The Balaban J connectivity index is 2.00. The van der Waals surface area contributed by atoms with Gasteiger partial charge in [-0.05, 0) is 32.1 Å². The summed E-state index contributed by atoms with van der Waals surface area (Å²) in [6, 6.07) is 1.54. The summed E-state index contributed by atoms with van der Waals surface area (Å²) in [5.74, 6) is 1.47. The summed E-state index contributed by atoms with van der Waals surface area (Å²) < 4.78 is 5.20. The van der Waals surface area contributed by atoms with Gasteiger partial charge in [0.15, 0.2) is 0 Å². The standard InChI is InChI=1S/C15H21N3O3/c1-9-16-13(8-14(17-9)21-2)18-11-6-4-3-5-10(11)7-12(18)15(19)20/h8,10-12H,3-7H2,1-2H3,(H,19,20). The summed E-state index contributed by atoms with van der Waals surface area (Å²) in [5, 5.41) is 9.57. The van der Waals surface area contributed by atoms with E-state index in [0.29, 0.717) is 29.9 Å². The molecule has 0 aromatic carbocycles. The number of anilines is 1. The number of rotatable bonds is 3. The van der Waals surface area contributed by atoms with Gasteiger partial charge in [0.2, 0.25) is 5.88 Å². The van der Waals surface area contributed by atoms with Crippen molar-refractivity contribution in [2.24, 2.45) is 5.92 Å². The van der Waals surface area contributed by atoms with Crippen molar-refractivity contribution < 1.29 is 14.6 Å². The topological polar surface area (TPSA) is 75.5 Å². The first-order valence-corrected chi connectivity index (χ1v) is 7.51. The molecule has 6 heteroatoms. The van der Waals surface area contributed by atoms with Crippen LogP contribution in [0, 0.1) is 12.8 Å². The number of hydrogen-bond donors (Lipinski definition) is 1. The van der Waals surface area contributed by atoms with Gasteiger partial charge in [-0.15, -0.1) is 0 Å². The zero-order valence-corrected chi connectivity index (χ0v) is 12.5. The average molecular weight is 291 g/mol.